The number of anilines is 1. The quantitative estimate of drug-likeness (QED) is 0.774. The predicted molar refractivity (Wildman–Crippen MR) is 107 cm³/mol. The molecule has 7 heteroatoms. The number of likely N-dealkylation sites (tertiary alicyclic amines) is 1. The van der Waals surface area contributed by atoms with Gasteiger partial charge in [0.2, 0.25) is 0 Å². The second-order valence-electron chi connectivity index (χ2n) is 7.80. The molecule has 1 unspecified atom stereocenters. The van der Waals surface area contributed by atoms with Crippen LogP contribution in [0.4, 0.5) is 10.1 Å². The van der Waals surface area contributed by atoms with Crippen LogP contribution in [0.25, 0.3) is 0 Å². The van der Waals surface area contributed by atoms with E-state index in [0.717, 1.165) is 24.9 Å². The molecule has 6 nitrogen and oxygen atoms in total. The summed E-state index contributed by atoms with van der Waals surface area (Å²) in [5, 5.41) is 0. The minimum absolute atomic E-state index is 0.0123. The molecule has 154 valence electrons. The van der Waals surface area contributed by atoms with Crippen LogP contribution < -0.4 is 9.64 Å². The van der Waals surface area contributed by atoms with E-state index in [0.29, 0.717) is 25.4 Å². The summed E-state index contributed by atoms with van der Waals surface area (Å²) in [6.07, 6.45) is 5.82. The van der Waals surface area contributed by atoms with E-state index in [-0.39, 0.29) is 30.0 Å². The van der Waals surface area contributed by atoms with Gasteiger partial charge in [0.15, 0.2) is 6.61 Å². The second kappa shape index (κ2) is 8.37. The van der Waals surface area contributed by atoms with Gasteiger partial charge >= 0.3 is 0 Å². The van der Waals surface area contributed by atoms with Crippen LogP contribution in [0.2, 0.25) is 0 Å². The van der Waals surface area contributed by atoms with Gasteiger partial charge in [0, 0.05) is 32.0 Å². The van der Waals surface area contributed by atoms with Crippen molar-refractivity contribution in [3.8, 4) is 5.75 Å². The molecule has 0 bridgehead atoms. The van der Waals surface area contributed by atoms with Crippen LogP contribution in [-0.4, -0.2) is 60.8 Å². The first-order chi connectivity index (χ1) is 14.0. The summed E-state index contributed by atoms with van der Waals surface area (Å²) in [6, 6.07) is 10.4. The highest BCUT2D eigenvalue weighted by Gasteiger charge is 2.44. The molecule has 3 heterocycles. The SMILES string of the molecule is CN(c1ccc(F)cc1)C1COC2(CCN(C(=O)COc3cccnc3)CC2)C1. The molecule has 2 fully saturated rings. The van der Waals surface area contributed by atoms with Gasteiger partial charge in [0.05, 0.1) is 24.4 Å². The van der Waals surface area contributed by atoms with E-state index in [2.05, 4.69) is 9.88 Å². The van der Waals surface area contributed by atoms with Gasteiger partial charge in [-0.25, -0.2) is 4.39 Å². The summed E-state index contributed by atoms with van der Waals surface area (Å²) in [4.78, 5) is 20.5. The molecule has 2 aromatic rings. The van der Waals surface area contributed by atoms with Gasteiger partial charge in [-0.15, -0.1) is 0 Å². The van der Waals surface area contributed by atoms with Gasteiger partial charge in [0.1, 0.15) is 11.6 Å². The first-order valence-electron chi connectivity index (χ1n) is 9.98. The smallest absolute Gasteiger partial charge is 0.260 e. The van der Waals surface area contributed by atoms with E-state index in [4.69, 9.17) is 9.47 Å². The number of likely N-dealkylation sites (N-methyl/N-ethyl adjacent to an activating group) is 1. The van der Waals surface area contributed by atoms with Crippen LogP contribution in [0.1, 0.15) is 19.3 Å². The van der Waals surface area contributed by atoms with Crippen LogP contribution in [0, 0.1) is 5.82 Å². The third-order valence-electron chi connectivity index (χ3n) is 6.00. The van der Waals surface area contributed by atoms with E-state index in [1.807, 2.05) is 11.9 Å². The lowest BCUT2D eigenvalue weighted by molar-refractivity contribution is -0.138. The van der Waals surface area contributed by atoms with Crippen molar-refractivity contribution in [3.05, 3.63) is 54.6 Å². The molecule has 29 heavy (non-hydrogen) atoms. The zero-order chi connectivity index (χ0) is 20.3. The fourth-order valence-electron chi connectivity index (χ4n) is 4.14. The van der Waals surface area contributed by atoms with E-state index >= 15 is 0 Å². The third-order valence-corrected chi connectivity index (χ3v) is 6.00. The summed E-state index contributed by atoms with van der Waals surface area (Å²) in [5.74, 6) is 0.354. The maximum absolute atomic E-state index is 13.2. The number of hydrogen-bond acceptors (Lipinski definition) is 5. The molecule has 1 atom stereocenters. The maximum Gasteiger partial charge on any atom is 0.260 e. The molecule has 2 saturated heterocycles. The number of nitrogens with zero attached hydrogens (tertiary/aromatic N) is 3. The highest BCUT2D eigenvalue weighted by atomic mass is 19.1. The molecule has 1 amide bonds. The highest BCUT2D eigenvalue weighted by molar-refractivity contribution is 5.77. The molecule has 0 saturated carbocycles. The molecule has 0 aliphatic carbocycles. The Bertz CT molecular complexity index is 823. The number of pyridine rings is 1. The van der Waals surface area contributed by atoms with Crippen LogP contribution in [0.5, 0.6) is 5.75 Å². The molecule has 0 radical (unpaired) electrons. The molecule has 2 aliphatic rings. The second-order valence-corrected chi connectivity index (χ2v) is 7.80. The Kier molecular flexibility index (Phi) is 5.67. The van der Waals surface area contributed by atoms with Gasteiger partial charge in [-0.1, -0.05) is 0 Å². The average Bonchev–Trinajstić information content (AvgIpc) is 3.17. The lowest BCUT2D eigenvalue weighted by Gasteiger charge is -2.39. The van der Waals surface area contributed by atoms with Crippen LogP contribution in [0.3, 0.4) is 0 Å². The number of halogens is 1. The van der Waals surface area contributed by atoms with E-state index in [9.17, 15) is 9.18 Å². The Balaban J connectivity index is 1.27. The number of piperidine rings is 1. The minimum Gasteiger partial charge on any atom is -0.482 e. The topological polar surface area (TPSA) is 54.9 Å². The first kappa shape index (κ1) is 19.6. The van der Waals surface area contributed by atoms with Crippen molar-refractivity contribution in [1.29, 1.82) is 0 Å². The fourth-order valence-corrected chi connectivity index (χ4v) is 4.14. The number of carbonyl (C=O) groups is 1. The minimum atomic E-state index is -0.231. The number of hydrogen-bond donors (Lipinski definition) is 0. The highest BCUT2D eigenvalue weighted by Crippen LogP contribution is 2.38. The summed E-state index contributed by atoms with van der Waals surface area (Å²) in [5.41, 5.74) is 0.803. The number of ether oxygens (including phenoxy) is 2. The molecule has 1 aromatic carbocycles. The molecule has 1 aromatic heterocycles. The van der Waals surface area contributed by atoms with Gasteiger partial charge in [0.25, 0.3) is 5.91 Å². The Hall–Kier alpha value is -2.67. The molecule has 1 spiro atoms. The Morgan fingerprint density at radius 2 is 2.07 bits per heavy atom. The lowest BCUT2D eigenvalue weighted by atomic mass is 9.87. The lowest BCUT2D eigenvalue weighted by Crippen LogP contribution is -2.48. The molecule has 4 rings (SSSR count). The molecular weight excluding hydrogens is 373 g/mol. The third kappa shape index (κ3) is 4.50. The maximum atomic E-state index is 13.2. The number of rotatable bonds is 5. The number of carbonyl (C=O) groups excluding carboxylic acids is 1. The Labute approximate surface area is 170 Å². The fraction of sp³-hybridized carbons (Fsp3) is 0.455. The van der Waals surface area contributed by atoms with Crippen molar-refractivity contribution in [2.75, 3.05) is 38.3 Å². The summed E-state index contributed by atoms with van der Waals surface area (Å²) in [7, 11) is 2.02. The van der Waals surface area contributed by atoms with Crippen LogP contribution in [-0.2, 0) is 9.53 Å². The van der Waals surface area contributed by atoms with Crippen molar-refractivity contribution < 1.29 is 18.7 Å². The van der Waals surface area contributed by atoms with Gasteiger partial charge in [-0.3, -0.25) is 9.78 Å². The van der Waals surface area contributed by atoms with Crippen molar-refractivity contribution >= 4 is 11.6 Å². The zero-order valence-electron chi connectivity index (χ0n) is 16.6. The van der Waals surface area contributed by atoms with E-state index in [1.54, 1.807) is 36.7 Å². The van der Waals surface area contributed by atoms with E-state index in [1.165, 1.54) is 12.1 Å². The molecular formula is C22H26FN3O3. The molecule has 0 N–H and O–H groups in total. The number of aromatic nitrogens is 1. The average molecular weight is 399 g/mol. The summed E-state index contributed by atoms with van der Waals surface area (Å²) in [6.45, 7) is 2.01. The summed E-state index contributed by atoms with van der Waals surface area (Å²) < 4.78 is 24.9. The Morgan fingerprint density at radius 1 is 1.31 bits per heavy atom. The van der Waals surface area contributed by atoms with Crippen LogP contribution in [0.15, 0.2) is 48.8 Å². The monoisotopic (exact) mass is 399 g/mol. The number of amides is 1. The predicted octanol–water partition coefficient (Wildman–Crippen LogP) is 2.89. The van der Waals surface area contributed by atoms with Gasteiger partial charge < -0.3 is 19.3 Å². The first-order valence-corrected chi connectivity index (χ1v) is 9.98. The van der Waals surface area contributed by atoms with Crippen LogP contribution >= 0.6 is 0 Å². The summed E-state index contributed by atoms with van der Waals surface area (Å²) >= 11 is 0. The van der Waals surface area contributed by atoms with Crippen molar-refractivity contribution in [3.63, 3.8) is 0 Å². The normalized spacial score (nSPS) is 20.6. The van der Waals surface area contributed by atoms with Gasteiger partial charge in [-0.2, -0.15) is 0 Å². The van der Waals surface area contributed by atoms with E-state index < -0.39 is 0 Å². The Morgan fingerprint density at radius 3 is 2.76 bits per heavy atom. The van der Waals surface area contributed by atoms with Crippen molar-refractivity contribution in [1.82, 2.24) is 9.88 Å². The van der Waals surface area contributed by atoms with Gasteiger partial charge in [-0.05, 0) is 55.7 Å². The molecule has 2 aliphatic heterocycles. The number of benzene rings is 1. The zero-order valence-corrected chi connectivity index (χ0v) is 16.6. The van der Waals surface area contributed by atoms with Crippen molar-refractivity contribution in [2.24, 2.45) is 0 Å². The van der Waals surface area contributed by atoms with Crippen molar-refractivity contribution in [2.45, 2.75) is 30.9 Å². The largest absolute Gasteiger partial charge is 0.482 e. The standard InChI is InChI=1S/C22H26FN3O3/c1-25(18-6-4-17(23)5-7-18)19-13-22(29-15-19)8-11-26(12-9-22)21(27)16-28-20-3-2-10-24-14-20/h2-7,10,14,19H,8-9,11-13,15-16H2,1H3.